The van der Waals surface area contributed by atoms with Gasteiger partial charge in [0.2, 0.25) is 11.8 Å². The molecule has 27 heavy (non-hydrogen) atoms. The zero-order valence-corrected chi connectivity index (χ0v) is 16.1. The molecule has 0 unspecified atom stereocenters. The van der Waals surface area contributed by atoms with Gasteiger partial charge in [0.05, 0.1) is 38.4 Å². The van der Waals surface area contributed by atoms with Gasteiger partial charge in [0.1, 0.15) is 0 Å². The third-order valence-corrected chi connectivity index (χ3v) is 5.63. The number of ether oxygens (including phenoxy) is 1. The van der Waals surface area contributed by atoms with Crippen molar-refractivity contribution in [2.45, 2.75) is 24.9 Å². The molecule has 2 heterocycles. The Morgan fingerprint density at radius 2 is 1.85 bits per heavy atom. The van der Waals surface area contributed by atoms with Crippen LogP contribution in [0.2, 0.25) is 0 Å². The second-order valence-corrected chi connectivity index (χ2v) is 7.34. The van der Waals surface area contributed by atoms with Crippen LogP contribution in [0.1, 0.15) is 18.4 Å². The van der Waals surface area contributed by atoms with Crippen molar-refractivity contribution in [3.63, 3.8) is 0 Å². The van der Waals surface area contributed by atoms with E-state index in [1.807, 2.05) is 30.3 Å². The fraction of sp³-hybridized carbons (Fsp3) is 0.600. The normalized spacial score (nSPS) is 25.7. The summed E-state index contributed by atoms with van der Waals surface area (Å²) in [4.78, 5) is 30.3. The molecule has 3 rings (SSSR count). The highest BCUT2D eigenvalue weighted by Crippen LogP contribution is 2.40. The lowest BCUT2D eigenvalue weighted by molar-refractivity contribution is -0.152. The number of carbonyl (C=O) groups is 2. The topological polar surface area (TPSA) is 73.3 Å². The number of amides is 2. The molecule has 1 N–H and O–H groups in total. The van der Waals surface area contributed by atoms with Gasteiger partial charge in [-0.15, -0.1) is 0 Å². The van der Waals surface area contributed by atoms with Crippen LogP contribution in [-0.2, 0) is 14.3 Å². The number of nitrogens with zero attached hydrogens (tertiary/aromatic N) is 3. The van der Waals surface area contributed by atoms with Crippen LogP contribution in [0.15, 0.2) is 30.3 Å². The summed E-state index contributed by atoms with van der Waals surface area (Å²) >= 11 is 0. The predicted octanol–water partition coefficient (Wildman–Crippen LogP) is 0.152. The summed E-state index contributed by atoms with van der Waals surface area (Å²) in [6.45, 7) is 5.11. The van der Waals surface area contributed by atoms with Gasteiger partial charge < -0.3 is 19.6 Å². The monoisotopic (exact) mass is 375 g/mol. The Bertz CT molecular complexity index is 648. The third kappa shape index (κ3) is 4.31. The van der Waals surface area contributed by atoms with Gasteiger partial charge in [0, 0.05) is 39.5 Å². The maximum absolute atomic E-state index is 12.6. The van der Waals surface area contributed by atoms with Crippen LogP contribution in [0.4, 0.5) is 0 Å². The van der Waals surface area contributed by atoms with Crippen molar-refractivity contribution in [2.24, 2.45) is 0 Å². The lowest BCUT2D eigenvalue weighted by Gasteiger charge is -2.55. The first kappa shape index (κ1) is 19.8. The zero-order valence-electron chi connectivity index (χ0n) is 16.1. The van der Waals surface area contributed by atoms with E-state index in [1.54, 1.807) is 16.8 Å². The van der Waals surface area contributed by atoms with Gasteiger partial charge >= 0.3 is 0 Å². The van der Waals surface area contributed by atoms with Gasteiger partial charge in [0.15, 0.2) is 0 Å². The Morgan fingerprint density at radius 1 is 1.19 bits per heavy atom. The fourth-order valence-electron chi connectivity index (χ4n) is 4.19. The van der Waals surface area contributed by atoms with Crippen LogP contribution >= 0.6 is 0 Å². The summed E-state index contributed by atoms with van der Waals surface area (Å²) in [5, 5.41) is 9.82. The Balaban J connectivity index is 1.69. The first-order valence-electron chi connectivity index (χ1n) is 9.51. The molecule has 1 aromatic carbocycles. The minimum atomic E-state index is -0.238. The van der Waals surface area contributed by atoms with Crippen LogP contribution in [-0.4, -0.2) is 96.8 Å². The lowest BCUT2D eigenvalue weighted by Crippen LogP contribution is -2.68. The Morgan fingerprint density at radius 3 is 2.44 bits per heavy atom. The van der Waals surface area contributed by atoms with E-state index in [0.29, 0.717) is 26.3 Å². The summed E-state index contributed by atoms with van der Waals surface area (Å²) in [5.74, 6) is -0.00124. The average Bonchev–Trinajstić information content (AvgIpc) is 2.65. The molecule has 2 aliphatic rings. The quantitative estimate of drug-likeness (QED) is 0.766. The van der Waals surface area contributed by atoms with Crippen molar-refractivity contribution in [3.05, 3.63) is 35.9 Å². The molecule has 148 valence electrons. The number of aliphatic hydroxyl groups is 1. The molecule has 2 aliphatic heterocycles. The number of carbonyl (C=O) groups excluding carboxylic acids is 2. The van der Waals surface area contributed by atoms with Gasteiger partial charge in [-0.05, 0) is 5.56 Å². The standard InChI is InChI=1S/C20H29N3O4/c1-15(25)23-17(20(18(23)14-24)16-6-4-3-5-7-16)12-21(2)19(26)13-22-8-10-27-11-9-22/h3-7,17-18,20,24H,8-14H2,1-2H3/t17-,18-,20-/m0/s1. The number of hydrogen-bond donors (Lipinski definition) is 1. The highest BCUT2D eigenvalue weighted by Gasteiger charge is 2.50. The number of likely N-dealkylation sites (N-methyl/N-ethyl adjacent to an activating group) is 1. The SMILES string of the molecule is CC(=O)N1[C@@H](CO)[C@@H](c2ccccc2)[C@@H]1CN(C)C(=O)CN1CCOCC1. The number of hydrogen-bond acceptors (Lipinski definition) is 5. The Labute approximate surface area is 160 Å². The largest absolute Gasteiger partial charge is 0.394 e. The van der Waals surface area contributed by atoms with Crippen LogP contribution in [0, 0.1) is 0 Å². The second kappa shape index (κ2) is 8.82. The van der Waals surface area contributed by atoms with Crippen molar-refractivity contribution < 1.29 is 19.4 Å². The van der Waals surface area contributed by atoms with Gasteiger partial charge in [-0.2, -0.15) is 0 Å². The molecule has 0 aromatic heterocycles. The van der Waals surface area contributed by atoms with E-state index in [4.69, 9.17) is 4.74 Å². The molecule has 0 saturated carbocycles. The Kier molecular flexibility index (Phi) is 6.46. The summed E-state index contributed by atoms with van der Waals surface area (Å²) in [5.41, 5.74) is 1.09. The summed E-state index contributed by atoms with van der Waals surface area (Å²) in [7, 11) is 1.79. The average molecular weight is 375 g/mol. The van der Waals surface area contributed by atoms with Crippen molar-refractivity contribution >= 4 is 11.8 Å². The van der Waals surface area contributed by atoms with Crippen molar-refractivity contribution in [1.82, 2.24) is 14.7 Å². The molecule has 2 saturated heterocycles. The molecule has 7 heteroatoms. The number of aliphatic hydroxyl groups excluding tert-OH is 1. The number of benzene rings is 1. The lowest BCUT2D eigenvalue weighted by atomic mass is 9.75. The first-order valence-corrected chi connectivity index (χ1v) is 9.51. The summed E-state index contributed by atoms with van der Waals surface area (Å²) < 4.78 is 5.33. The van der Waals surface area contributed by atoms with Crippen LogP contribution < -0.4 is 0 Å². The summed E-state index contributed by atoms with van der Waals surface area (Å²) in [6, 6.07) is 9.56. The van der Waals surface area contributed by atoms with E-state index in [-0.39, 0.29) is 36.4 Å². The maximum atomic E-state index is 12.6. The van der Waals surface area contributed by atoms with E-state index >= 15 is 0 Å². The van der Waals surface area contributed by atoms with Crippen molar-refractivity contribution in [1.29, 1.82) is 0 Å². The van der Waals surface area contributed by atoms with Gasteiger partial charge in [-0.1, -0.05) is 30.3 Å². The van der Waals surface area contributed by atoms with Gasteiger partial charge in [-0.25, -0.2) is 0 Å². The van der Waals surface area contributed by atoms with Crippen LogP contribution in [0.25, 0.3) is 0 Å². The zero-order chi connectivity index (χ0) is 19.4. The molecule has 0 aliphatic carbocycles. The fourth-order valence-corrected chi connectivity index (χ4v) is 4.19. The van der Waals surface area contributed by atoms with Crippen molar-refractivity contribution in [3.8, 4) is 0 Å². The van der Waals surface area contributed by atoms with E-state index in [9.17, 15) is 14.7 Å². The molecule has 1 aromatic rings. The number of morpholine rings is 1. The maximum Gasteiger partial charge on any atom is 0.236 e. The first-order chi connectivity index (χ1) is 13.0. The summed E-state index contributed by atoms with van der Waals surface area (Å²) in [6.07, 6.45) is 0. The molecule has 0 radical (unpaired) electrons. The smallest absolute Gasteiger partial charge is 0.236 e. The van der Waals surface area contributed by atoms with Gasteiger partial charge in [-0.3, -0.25) is 14.5 Å². The van der Waals surface area contributed by atoms with Crippen LogP contribution in [0.3, 0.4) is 0 Å². The molecule has 0 bridgehead atoms. The molecule has 2 amide bonds. The highest BCUT2D eigenvalue weighted by atomic mass is 16.5. The van der Waals surface area contributed by atoms with Crippen LogP contribution in [0.5, 0.6) is 0 Å². The van der Waals surface area contributed by atoms with Crippen molar-refractivity contribution in [2.75, 3.05) is 53.0 Å². The van der Waals surface area contributed by atoms with E-state index in [2.05, 4.69) is 4.90 Å². The van der Waals surface area contributed by atoms with E-state index < -0.39 is 0 Å². The molecular weight excluding hydrogens is 346 g/mol. The molecule has 0 spiro atoms. The minimum absolute atomic E-state index is 0.0266. The number of likely N-dealkylation sites (tertiary alicyclic amines) is 1. The third-order valence-electron chi connectivity index (χ3n) is 5.63. The molecule has 7 nitrogen and oxygen atoms in total. The van der Waals surface area contributed by atoms with Gasteiger partial charge in [0.25, 0.3) is 0 Å². The second-order valence-electron chi connectivity index (χ2n) is 7.34. The van der Waals surface area contributed by atoms with E-state index in [1.165, 1.54) is 6.92 Å². The Hall–Kier alpha value is -1.96. The molecule has 2 fully saturated rings. The van der Waals surface area contributed by atoms with E-state index in [0.717, 1.165) is 18.7 Å². The molecule has 3 atom stereocenters. The molecular formula is C20H29N3O4. The minimum Gasteiger partial charge on any atom is -0.394 e. The predicted molar refractivity (Wildman–Crippen MR) is 101 cm³/mol. The highest BCUT2D eigenvalue weighted by molar-refractivity contribution is 5.79. The number of rotatable bonds is 6.